The Morgan fingerprint density at radius 1 is 1.41 bits per heavy atom. The van der Waals surface area contributed by atoms with Crippen LogP contribution in [0.15, 0.2) is 10.5 Å². The van der Waals surface area contributed by atoms with Gasteiger partial charge >= 0.3 is 5.97 Å². The van der Waals surface area contributed by atoms with Gasteiger partial charge in [-0.2, -0.15) is 0 Å². The van der Waals surface area contributed by atoms with Gasteiger partial charge in [0, 0.05) is 36.2 Å². The fourth-order valence-corrected chi connectivity index (χ4v) is 4.61. The fourth-order valence-electron chi connectivity index (χ4n) is 3.94. The van der Waals surface area contributed by atoms with Crippen molar-refractivity contribution >= 4 is 33.4 Å². The van der Waals surface area contributed by atoms with E-state index in [1.54, 1.807) is 0 Å². The van der Waals surface area contributed by atoms with Gasteiger partial charge < -0.3 is 20.5 Å². The Morgan fingerprint density at radius 2 is 2.11 bits per heavy atom. The third kappa shape index (κ3) is 4.36. The summed E-state index contributed by atoms with van der Waals surface area (Å²) in [6.07, 6.45) is 2.82. The number of anilines is 1. The summed E-state index contributed by atoms with van der Waals surface area (Å²) in [6, 6.07) is 1.81. The lowest BCUT2D eigenvalue weighted by Crippen LogP contribution is -2.36. The van der Waals surface area contributed by atoms with Crippen LogP contribution in [-0.4, -0.2) is 49.7 Å². The Bertz CT molecular complexity index is 729. The average molecular weight is 439 g/mol. The first kappa shape index (κ1) is 20.3. The van der Waals surface area contributed by atoms with E-state index in [0.29, 0.717) is 59.0 Å². The molecule has 1 fully saturated rings. The van der Waals surface area contributed by atoms with Gasteiger partial charge in [-0.3, -0.25) is 4.79 Å². The zero-order valence-electron chi connectivity index (χ0n) is 15.7. The number of aromatic carboxylic acids is 1. The van der Waals surface area contributed by atoms with E-state index in [4.69, 9.17) is 10.5 Å². The molecule has 0 saturated carbocycles. The van der Waals surface area contributed by atoms with E-state index >= 15 is 0 Å². The number of nitrogens with zero attached hydrogens (tertiary/aromatic N) is 1. The van der Waals surface area contributed by atoms with Gasteiger partial charge in [0.2, 0.25) is 0 Å². The Balaban J connectivity index is 1.71. The molecule has 0 aromatic heterocycles. The third-order valence-electron chi connectivity index (χ3n) is 5.57. The van der Waals surface area contributed by atoms with Crippen molar-refractivity contribution in [3.05, 3.63) is 27.2 Å². The molecule has 1 atom stereocenters. The number of carboxylic acids is 1. The third-order valence-corrected chi connectivity index (χ3v) is 6.20. The lowest BCUT2D eigenvalue weighted by Gasteiger charge is -2.35. The van der Waals surface area contributed by atoms with Gasteiger partial charge in [0.1, 0.15) is 0 Å². The highest BCUT2D eigenvalue weighted by Gasteiger charge is 2.32. The first-order valence-corrected chi connectivity index (χ1v) is 10.4. The van der Waals surface area contributed by atoms with E-state index in [0.717, 1.165) is 38.2 Å². The van der Waals surface area contributed by atoms with Crippen molar-refractivity contribution in [2.24, 2.45) is 17.6 Å². The Morgan fingerprint density at radius 3 is 2.74 bits per heavy atom. The van der Waals surface area contributed by atoms with Crippen molar-refractivity contribution in [3.63, 3.8) is 0 Å². The summed E-state index contributed by atoms with van der Waals surface area (Å²) >= 11 is 3.48. The molecule has 1 aromatic carbocycles. The highest BCUT2D eigenvalue weighted by Crippen LogP contribution is 2.39. The van der Waals surface area contributed by atoms with E-state index in [-0.39, 0.29) is 5.78 Å². The van der Waals surface area contributed by atoms with Crippen LogP contribution in [-0.2, 0) is 11.2 Å². The van der Waals surface area contributed by atoms with Gasteiger partial charge in [-0.1, -0.05) is 6.92 Å². The van der Waals surface area contributed by atoms with E-state index < -0.39 is 5.97 Å². The summed E-state index contributed by atoms with van der Waals surface area (Å²) < 4.78 is 6.49. The number of hydrogen-bond donors (Lipinski definition) is 2. The second-order valence-corrected chi connectivity index (χ2v) is 8.50. The van der Waals surface area contributed by atoms with Crippen LogP contribution < -0.4 is 10.6 Å². The van der Waals surface area contributed by atoms with Crippen LogP contribution in [0.25, 0.3) is 0 Å². The smallest absolute Gasteiger partial charge is 0.338 e. The molecule has 148 valence electrons. The minimum atomic E-state index is -0.954. The van der Waals surface area contributed by atoms with Crippen LogP contribution in [0.4, 0.5) is 5.69 Å². The Kier molecular flexibility index (Phi) is 6.55. The number of benzene rings is 1. The highest BCUT2D eigenvalue weighted by atomic mass is 79.9. The lowest BCUT2D eigenvalue weighted by molar-refractivity contribution is 0.0687. The van der Waals surface area contributed by atoms with Crippen LogP contribution in [0.2, 0.25) is 0 Å². The molecule has 7 heteroatoms. The number of ether oxygens (including phenoxy) is 1. The zero-order chi connectivity index (χ0) is 19.6. The van der Waals surface area contributed by atoms with Crippen molar-refractivity contribution in [2.75, 3.05) is 37.7 Å². The van der Waals surface area contributed by atoms with Crippen LogP contribution in [0.3, 0.4) is 0 Å². The molecular formula is C20H27BrN2O4. The molecule has 2 aliphatic rings. The molecule has 1 aliphatic heterocycles. The van der Waals surface area contributed by atoms with Crippen LogP contribution in [0, 0.1) is 11.8 Å². The number of piperidine rings is 1. The fraction of sp³-hybridized carbons (Fsp3) is 0.600. The number of carbonyl (C=O) groups excluding carboxylic acids is 1. The predicted molar refractivity (Wildman–Crippen MR) is 108 cm³/mol. The number of ketones is 1. The molecule has 0 radical (unpaired) electrons. The van der Waals surface area contributed by atoms with Gasteiger partial charge in [0.05, 0.1) is 17.9 Å². The normalized spacial score (nSPS) is 18.6. The quantitative estimate of drug-likeness (QED) is 0.679. The van der Waals surface area contributed by atoms with Crippen molar-refractivity contribution in [1.82, 2.24) is 0 Å². The molecule has 0 spiro atoms. The molecule has 1 aliphatic carbocycles. The number of rotatable bonds is 7. The minimum Gasteiger partial charge on any atom is -0.478 e. The number of Topliss-reactive ketones (excluding diaryl/α,β-unsaturated/α-hetero) is 1. The molecule has 6 nitrogen and oxygen atoms in total. The molecule has 0 bridgehead atoms. The van der Waals surface area contributed by atoms with Crippen LogP contribution >= 0.6 is 15.9 Å². The van der Waals surface area contributed by atoms with Crippen molar-refractivity contribution in [1.29, 1.82) is 0 Å². The topological polar surface area (TPSA) is 92.9 Å². The SMILES string of the molecule is CC(CN)COCC1CCN(c2cc(Br)c3c(c2C(=O)O)CCC3=O)CC1. The standard InChI is InChI=1S/C20H27BrN2O4/c1-12(9-22)10-27-11-13-4-6-23(7-5-13)16-8-15(21)18-14(2-3-17(18)24)19(16)20(25)26/h8,12-13H,2-7,9-11,22H2,1H3,(H,25,26). The average Bonchev–Trinajstić information content (AvgIpc) is 3.03. The van der Waals surface area contributed by atoms with Crippen LogP contribution in [0.5, 0.6) is 0 Å². The van der Waals surface area contributed by atoms with Crippen molar-refractivity contribution in [3.8, 4) is 0 Å². The Hall–Kier alpha value is -1.44. The predicted octanol–water partition coefficient (Wildman–Crippen LogP) is 3.10. The minimum absolute atomic E-state index is 0.0217. The molecule has 1 aromatic rings. The maximum atomic E-state index is 12.1. The second-order valence-electron chi connectivity index (χ2n) is 7.64. The van der Waals surface area contributed by atoms with Gasteiger partial charge in [-0.15, -0.1) is 0 Å². The van der Waals surface area contributed by atoms with E-state index in [9.17, 15) is 14.7 Å². The number of halogens is 1. The number of nitrogens with two attached hydrogens (primary N) is 1. The number of carboxylic acid groups (broad SMARTS) is 1. The van der Waals surface area contributed by atoms with E-state index in [1.807, 2.05) is 6.07 Å². The first-order chi connectivity index (χ1) is 12.9. The maximum absolute atomic E-state index is 12.1. The summed E-state index contributed by atoms with van der Waals surface area (Å²) in [7, 11) is 0. The van der Waals surface area contributed by atoms with E-state index in [1.165, 1.54) is 0 Å². The van der Waals surface area contributed by atoms with E-state index in [2.05, 4.69) is 27.8 Å². The summed E-state index contributed by atoms with van der Waals surface area (Å²) in [5.74, 6) is -0.0770. The zero-order valence-corrected chi connectivity index (χ0v) is 17.3. The van der Waals surface area contributed by atoms with Crippen molar-refractivity contribution in [2.45, 2.75) is 32.6 Å². The summed E-state index contributed by atoms with van der Waals surface area (Å²) in [5.41, 5.74) is 7.86. The largest absolute Gasteiger partial charge is 0.478 e. The lowest BCUT2D eigenvalue weighted by atomic mass is 9.95. The monoisotopic (exact) mass is 438 g/mol. The molecule has 27 heavy (non-hydrogen) atoms. The van der Waals surface area contributed by atoms with Gasteiger partial charge in [0.25, 0.3) is 0 Å². The summed E-state index contributed by atoms with van der Waals surface area (Å²) in [5, 5.41) is 9.80. The maximum Gasteiger partial charge on any atom is 0.338 e. The van der Waals surface area contributed by atoms with Crippen LogP contribution in [0.1, 0.15) is 52.5 Å². The van der Waals surface area contributed by atoms with Gasteiger partial charge in [0.15, 0.2) is 5.78 Å². The second kappa shape index (κ2) is 8.71. The first-order valence-electron chi connectivity index (χ1n) is 9.57. The summed E-state index contributed by atoms with van der Waals surface area (Å²) in [6.45, 7) is 5.70. The van der Waals surface area contributed by atoms with Gasteiger partial charge in [-0.25, -0.2) is 4.79 Å². The molecule has 0 amide bonds. The summed E-state index contributed by atoms with van der Waals surface area (Å²) in [4.78, 5) is 26.2. The molecule has 3 rings (SSSR count). The molecule has 1 heterocycles. The molecule has 3 N–H and O–H groups in total. The molecule has 1 unspecified atom stereocenters. The number of fused-ring (bicyclic) bond motifs is 1. The van der Waals surface area contributed by atoms with Crippen molar-refractivity contribution < 1.29 is 19.4 Å². The molecule has 1 saturated heterocycles. The highest BCUT2D eigenvalue weighted by molar-refractivity contribution is 9.10. The molecular weight excluding hydrogens is 412 g/mol. The van der Waals surface area contributed by atoms with Gasteiger partial charge in [-0.05, 0) is 65.2 Å². The number of hydrogen-bond acceptors (Lipinski definition) is 5. The number of carbonyl (C=O) groups is 2. The Labute approximate surface area is 168 Å².